The molecule has 1 saturated heterocycles. The highest BCUT2D eigenvalue weighted by molar-refractivity contribution is 5.93. The maximum Gasteiger partial charge on any atom is 0.341 e. The average Bonchev–Trinajstić information content (AvgIpc) is 3.48. The molecule has 2 N–H and O–H groups in total. The van der Waals surface area contributed by atoms with Gasteiger partial charge in [0.15, 0.2) is 11.6 Å². The Morgan fingerprint density at radius 2 is 2.15 bits per heavy atom. The van der Waals surface area contributed by atoms with Crippen LogP contribution in [0.15, 0.2) is 17.1 Å². The van der Waals surface area contributed by atoms with Gasteiger partial charge in [-0.25, -0.2) is 9.18 Å². The predicted molar refractivity (Wildman–Crippen MR) is 96.0 cm³/mol. The SMILES string of the molecule is O=C(O)c1cn(C2CC2)c2c(F)c3c(cc2c1=O)CN1CCNCC1CO3. The molecule has 0 amide bonds. The molecular weight excluding hydrogens is 353 g/mol. The molecule has 1 unspecified atom stereocenters. The fourth-order valence-corrected chi connectivity index (χ4v) is 4.15. The highest BCUT2D eigenvalue weighted by Crippen LogP contribution is 2.40. The number of aromatic carboxylic acids is 1. The number of hydrogen-bond donors (Lipinski definition) is 2. The Morgan fingerprint density at radius 1 is 1.33 bits per heavy atom. The zero-order chi connectivity index (χ0) is 18.7. The first-order valence-electron chi connectivity index (χ1n) is 9.25. The van der Waals surface area contributed by atoms with Crippen molar-refractivity contribution in [2.24, 2.45) is 0 Å². The van der Waals surface area contributed by atoms with Gasteiger partial charge in [0.2, 0.25) is 5.43 Å². The lowest BCUT2D eigenvalue weighted by Gasteiger charge is -2.33. The second-order valence-corrected chi connectivity index (χ2v) is 7.53. The number of carboxylic acids is 1. The number of piperazine rings is 1. The third kappa shape index (κ3) is 2.62. The van der Waals surface area contributed by atoms with Crippen LogP contribution in [0.4, 0.5) is 4.39 Å². The molecule has 8 heteroatoms. The highest BCUT2D eigenvalue weighted by atomic mass is 19.1. The first kappa shape index (κ1) is 16.7. The maximum atomic E-state index is 15.5. The number of nitrogens with zero attached hydrogens (tertiary/aromatic N) is 2. The molecule has 3 heterocycles. The fourth-order valence-electron chi connectivity index (χ4n) is 4.15. The largest absolute Gasteiger partial charge is 0.488 e. The van der Waals surface area contributed by atoms with Crippen molar-refractivity contribution in [2.75, 3.05) is 26.2 Å². The smallest absolute Gasteiger partial charge is 0.341 e. The summed E-state index contributed by atoms with van der Waals surface area (Å²) in [4.78, 5) is 26.5. The van der Waals surface area contributed by atoms with E-state index in [0.29, 0.717) is 18.7 Å². The topological polar surface area (TPSA) is 83.8 Å². The van der Waals surface area contributed by atoms with Gasteiger partial charge in [0, 0.05) is 44.0 Å². The second kappa shape index (κ2) is 6.03. The quantitative estimate of drug-likeness (QED) is 0.827. The van der Waals surface area contributed by atoms with Crippen molar-refractivity contribution in [3.63, 3.8) is 0 Å². The Morgan fingerprint density at radius 3 is 2.89 bits per heavy atom. The number of carbonyl (C=O) groups is 1. The van der Waals surface area contributed by atoms with Crippen molar-refractivity contribution in [2.45, 2.75) is 31.5 Å². The molecule has 27 heavy (non-hydrogen) atoms. The van der Waals surface area contributed by atoms with Crippen molar-refractivity contribution in [3.8, 4) is 5.75 Å². The van der Waals surface area contributed by atoms with Gasteiger partial charge in [-0.05, 0) is 18.9 Å². The molecule has 3 aliphatic rings. The van der Waals surface area contributed by atoms with E-state index in [1.165, 1.54) is 6.20 Å². The van der Waals surface area contributed by atoms with Crippen LogP contribution in [0.1, 0.15) is 34.8 Å². The van der Waals surface area contributed by atoms with Gasteiger partial charge in [-0.1, -0.05) is 0 Å². The Hall–Kier alpha value is -2.45. The maximum absolute atomic E-state index is 15.5. The molecular formula is C19H20FN3O4. The van der Waals surface area contributed by atoms with E-state index in [2.05, 4.69) is 10.2 Å². The Bertz CT molecular complexity index is 1010. The van der Waals surface area contributed by atoms with Crippen LogP contribution in [0, 0.1) is 5.82 Å². The molecule has 2 fully saturated rings. The lowest BCUT2D eigenvalue weighted by Crippen LogP contribution is -2.52. The average molecular weight is 373 g/mol. The molecule has 142 valence electrons. The summed E-state index contributed by atoms with van der Waals surface area (Å²) in [6.45, 7) is 3.29. The molecule has 5 rings (SSSR count). The zero-order valence-corrected chi connectivity index (χ0v) is 14.7. The molecule has 1 saturated carbocycles. The third-order valence-corrected chi connectivity index (χ3v) is 5.72. The van der Waals surface area contributed by atoms with Gasteiger partial charge in [-0.15, -0.1) is 0 Å². The number of rotatable bonds is 2. The first-order chi connectivity index (χ1) is 13.0. The van der Waals surface area contributed by atoms with Gasteiger partial charge in [-0.2, -0.15) is 0 Å². The Balaban J connectivity index is 1.75. The summed E-state index contributed by atoms with van der Waals surface area (Å²) >= 11 is 0. The molecule has 1 atom stereocenters. The molecule has 2 aliphatic heterocycles. The van der Waals surface area contributed by atoms with E-state index in [9.17, 15) is 14.7 Å². The van der Waals surface area contributed by atoms with Crippen LogP contribution in [0.5, 0.6) is 5.75 Å². The number of pyridine rings is 1. The van der Waals surface area contributed by atoms with Crippen LogP contribution in [-0.2, 0) is 6.54 Å². The molecule has 0 spiro atoms. The summed E-state index contributed by atoms with van der Waals surface area (Å²) < 4.78 is 23.0. The first-order valence-corrected chi connectivity index (χ1v) is 9.25. The number of fused-ring (bicyclic) bond motifs is 3. The van der Waals surface area contributed by atoms with Crippen LogP contribution in [0.2, 0.25) is 0 Å². The number of hydrogen-bond acceptors (Lipinski definition) is 5. The van der Waals surface area contributed by atoms with Gasteiger partial charge in [0.05, 0.1) is 16.9 Å². The monoisotopic (exact) mass is 373 g/mol. The van der Waals surface area contributed by atoms with Gasteiger partial charge >= 0.3 is 5.97 Å². The van der Waals surface area contributed by atoms with Crippen LogP contribution in [0.3, 0.4) is 0 Å². The molecule has 0 radical (unpaired) electrons. The van der Waals surface area contributed by atoms with E-state index in [-0.39, 0.29) is 34.3 Å². The summed E-state index contributed by atoms with van der Waals surface area (Å²) in [6.07, 6.45) is 2.97. The minimum atomic E-state index is -1.29. The number of aromatic nitrogens is 1. The van der Waals surface area contributed by atoms with E-state index in [4.69, 9.17) is 4.74 Å². The second-order valence-electron chi connectivity index (χ2n) is 7.53. The molecule has 7 nitrogen and oxygen atoms in total. The summed E-state index contributed by atoms with van der Waals surface area (Å²) in [5.41, 5.74) is -0.198. The zero-order valence-electron chi connectivity index (χ0n) is 14.7. The van der Waals surface area contributed by atoms with Crippen molar-refractivity contribution in [3.05, 3.63) is 39.4 Å². The lowest BCUT2D eigenvalue weighted by molar-refractivity contribution is 0.0695. The summed E-state index contributed by atoms with van der Waals surface area (Å²) in [7, 11) is 0. The predicted octanol–water partition coefficient (Wildman–Crippen LogP) is 1.34. The minimum absolute atomic E-state index is 0.0278. The number of benzene rings is 1. The van der Waals surface area contributed by atoms with Crippen molar-refractivity contribution >= 4 is 16.9 Å². The van der Waals surface area contributed by atoms with Gasteiger partial charge in [-0.3, -0.25) is 9.69 Å². The lowest BCUT2D eigenvalue weighted by atomic mass is 10.0. The molecule has 1 aliphatic carbocycles. The van der Waals surface area contributed by atoms with Crippen LogP contribution in [-0.4, -0.2) is 52.8 Å². The molecule has 1 aromatic heterocycles. The Labute approximate surface area is 154 Å². The van der Waals surface area contributed by atoms with Gasteiger partial charge in [0.25, 0.3) is 0 Å². The minimum Gasteiger partial charge on any atom is -0.488 e. The van der Waals surface area contributed by atoms with Crippen molar-refractivity contribution < 1.29 is 19.0 Å². The van der Waals surface area contributed by atoms with E-state index in [1.54, 1.807) is 10.6 Å². The third-order valence-electron chi connectivity index (χ3n) is 5.72. The van der Waals surface area contributed by atoms with Crippen LogP contribution < -0.4 is 15.5 Å². The van der Waals surface area contributed by atoms with Crippen molar-refractivity contribution in [1.82, 2.24) is 14.8 Å². The number of halogens is 1. The van der Waals surface area contributed by atoms with E-state index in [1.807, 2.05) is 0 Å². The molecule has 0 bridgehead atoms. The van der Waals surface area contributed by atoms with E-state index >= 15 is 4.39 Å². The summed E-state index contributed by atoms with van der Waals surface area (Å²) in [5.74, 6) is -1.66. The normalized spacial score (nSPS) is 22.6. The number of nitrogens with one attached hydrogen (secondary N) is 1. The fraction of sp³-hybridized carbons (Fsp3) is 0.474. The van der Waals surface area contributed by atoms with Gasteiger partial charge < -0.3 is 19.7 Å². The van der Waals surface area contributed by atoms with Crippen LogP contribution in [0.25, 0.3) is 10.9 Å². The van der Waals surface area contributed by atoms with Gasteiger partial charge in [0.1, 0.15) is 12.2 Å². The number of carboxylic acid groups (broad SMARTS) is 1. The molecule has 1 aromatic carbocycles. The Kier molecular flexibility index (Phi) is 3.73. The highest BCUT2D eigenvalue weighted by Gasteiger charge is 2.33. The number of ether oxygens (including phenoxy) is 1. The summed E-state index contributed by atoms with van der Waals surface area (Å²) in [5, 5.41) is 12.8. The van der Waals surface area contributed by atoms with Crippen molar-refractivity contribution in [1.29, 1.82) is 0 Å². The molecule has 2 aromatic rings. The summed E-state index contributed by atoms with van der Waals surface area (Å²) in [6, 6.07) is 1.80. The van der Waals surface area contributed by atoms with Crippen LogP contribution >= 0.6 is 0 Å². The van der Waals surface area contributed by atoms with E-state index < -0.39 is 17.2 Å². The standard InChI is InChI=1S/C19H20FN3O4/c20-15-16-13(17(24)14(19(25)26)8-23(16)11-1-2-11)5-10-7-22-4-3-21-6-12(22)9-27-18(10)15/h5,8,11-12,21H,1-4,6-7,9H2,(H,25,26). The van der Waals surface area contributed by atoms with E-state index in [0.717, 1.165) is 32.5 Å².